The van der Waals surface area contributed by atoms with Crippen molar-refractivity contribution in [1.29, 1.82) is 0 Å². The number of nitrogens with zero attached hydrogens (tertiary/aromatic N) is 1. The molecule has 34 heavy (non-hydrogen) atoms. The number of hydrogen-bond acceptors (Lipinski definition) is 3. The molecular formula is C28H35Cl2NO3. The van der Waals surface area contributed by atoms with Crippen LogP contribution in [0.3, 0.4) is 0 Å². The van der Waals surface area contributed by atoms with Crippen molar-refractivity contribution in [3.63, 3.8) is 0 Å². The van der Waals surface area contributed by atoms with Crippen molar-refractivity contribution < 1.29 is 14.6 Å². The van der Waals surface area contributed by atoms with E-state index >= 15 is 0 Å². The first-order valence-electron chi connectivity index (χ1n) is 11.9. The lowest BCUT2D eigenvalue weighted by molar-refractivity contribution is -0.149. The quantitative estimate of drug-likeness (QED) is 0.362. The lowest BCUT2D eigenvalue weighted by Crippen LogP contribution is -2.53. The number of hydrogen-bond donors (Lipinski definition) is 1. The largest absolute Gasteiger partial charge is 0.388 e. The number of ether oxygens (including phenoxy) is 1. The number of aliphatic hydroxyl groups is 1. The van der Waals surface area contributed by atoms with Crippen molar-refractivity contribution >= 4 is 29.1 Å². The lowest BCUT2D eigenvalue weighted by atomic mass is 9.74. The van der Waals surface area contributed by atoms with E-state index in [1.54, 1.807) is 13.8 Å². The number of amides is 1. The van der Waals surface area contributed by atoms with Crippen LogP contribution in [0.2, 0.25) is 10.0 Å². The van der Waals surface area contributed by atoms with Crippen LogP contribution < -0.4 is 0 Å². The fourth-order valence-electron chi connectivity index (χ4n) is 4.83. The maximum absolute atomic E-state index is 13.9. The number of rotatable bonds is 10. The molecule has 1 unspecified atom stereocenters. The molecule has 0 aromatic heterocycles. The van der Waals surface area contributed by atoms with Gasteiger partial charge in [0.05, 0.1) is 30.9 Å². The first-order chi connectivity index (χ1) is 16.1. The average Bonchev–Trinajstić information content (AvgIpc) is 2.78. The molecule has 0 radical (unpaired) electrons. The van der Waals surface area contributed by atoms with Crippen molar-refractivity contribution in [2.75, 3.05) is 13.2 Å². The summed E-state index contributed by atoms with van der Waals surface area (Å²) in [5.74, 6) is -0.0175. The van der Waals surface area contributed by atoms with Gasteiger partial charge >= 0.3 is 0 Å². The first-order valence-corrected chi connectivity index (χ1v) is 12.6. The summed E-state index contributed by atoms with van der Waals surface area (Å²) in [5.41, 5.74) is 1.20. The molecular weight excluding hydrogens is 469 g/mol. The van der Waals surface area contributed by atoms with Gasteiger partial charge in [0.1, 0.15) is 0 Å². The number of piperidine rings is 1. The Bertz CT molecular complexity index is 970. The van der Waals surface area contributed by atoms with Crippen LogP contribution in [0, 0.1) is 5.92 Å². The van der Waals surface area contributed by atoms with E-state index in [9.17, 15) is 9.90 Å². The molecule has 4 atom stereocenters. The Morgan fingerprint density at radius 3 is 2.47 bits per heavy atom. The van der Waals surface area contributed by atoms with Crippen LogP contribution in [-0.2, 0) is 9.53 Å². The maximum atomic E-state index is 13.9. The Balaban J connectivity index is 2.08. The van der Waals surface area contributed by atoms with Crippen LogP contribution in [0.1, 0.15) is 63.1 Å². The Hall–Kier alpha value is -1.85. The SMILES string of the molecule is C=CC[C@H]1C[C@H](c2cccc(Cl)c2)[C@@H](c2ccc(Cl)cc2)N(C(CC)COCC(C)(C)O)C1=O. The second-order valence-corrected chi connectivity index (χ2v) is 10.6. The molecule has 1 aliphatic rings. The molecule has 1 saturated heterocycles. The van der Waals surface area contributed by atoms with Crippen molar-refractivity contribution in [3.8, 4) is 0 Å². The highest BCUT2D eigenvalue weighted by Crippen LogP contribution is 2.47. The zero-order valence-electron chi connectivity index (χ0n) is 20.2. The predicted molar refractivity (Wildman–Crippen MR) is 139 cm³/mol. The topological polar surface area (TPSA) is 49.8 Å². The summed E-state index contributed by atoms with van der Waals surface area (Å²) >= 11 is 12.6. The van der Waals surface area contributed by atoms with Gasteiger partial charge in [0.25, 0.3) is 0 Å². The number of halogens is 2. The molecule has 1 N–H and O–H groups in total. The predicted octanol–water partition coefficient (Wildman–Crippen LogP) is 6.81. The molecule has 0 bridgehead atoms. The van der Waals surface area contributed by atoms with E-state index in [0.717, 1.165) is 17.5 Å². The van der Waals surface area contributed by atoms with Crippen molar-refractivity contribution in [3.05, 3.63) is 82.4 Å². The molecule has 2 aromatic rings. The number of likely N-dealkylation sites (tertiary alicyclic amines) is 1. The highest BCUT2D eigenvalue weighted by molar-refractivity contribution is 6.30. The fraction of sp³-hybridized carbons (Fsp3) is 0.464. The van der Waals surface area contributed by atoms with Gasteiger partial charge < -0.3 is 14.7 Å². The zero-order chi connectivity index (χ0) is 24.9. The second-order valence-electron chi connectivity index (χ2n) is 9.75. The Morgan fingerprint density at radius 2 is 1.88 bits per heavy atom. The maximum Gasteiger partial charge on any atom is 0.226 e. The highest BCUT2D eigenvalue weighted by Gasteiger charge is 2.45. The van der Waals surface area contributed by atoms with Gasteiger partial charge in [-0.3, -0.25) is 4.79 Å². The van der Waals surface area contributed by atoms with E-state index in [1.165, 1.54) is 0 Å². The Kier molecular flexibility index (Phi) is 9.22. The van der Waals surface area contributed by atoms with Crippen LogP contribution in [-0.4, -0.2) is 40.8 Å². The molecule has 1 amide bonds. The van der Waals surface area contributed by atoms with Gasteiger partial charge in [-0.05, 0) is 68.5 Å². The van der Waals surface area contributed by atoms with Gasteiger partial charge in [-0.25, -0.2) is 0 Å². The number of carbonyl (C=O) groups excluding carboxylic acids is 1. The van der Waals surface area contributed by atoms with Crippen LogP contribution in [0.5, 0.6) is 0 Å². The minimum atomic E-state index is -0.936. The molecule has 6 heteroatoms. The molecule has 0 aliphatic carbocycles. The van der Waals surface area contributed by atoms with Gasteiger partial charge in [-0.2, -0.15) is 0 Å². The summed E-state index contributed by atoms with van der Waals surface area (Å²) in [4.78, 5) is 15.9. The Labute approximate surface area is 213 Å². The fourth-order valence-corrected chi connectivity index (χ4v) is 5.16. The van der Waals surface area contributed by atoms with E-state index in [0.29, 0.717) is 29.5 Å². The second kappa shape index (κ2) is 11.7. The average molecular weight is 504 g/mol. The van der Waals surface area contributed by atoms with E-state index in [1.807, 2.05) is 53.4 Å². The van der Waals surface area contributed by atoms with E-state index in [-0.39, 0.29) is 36.4 Å². The summed E-state index contributed by atoms with van der Waals surface area (Å²) in [7, 11) is 0. The molecule has 1 aliphatic heterocycles. The number of benzene rings is 2. The van der Waals surface area contributed by atoms with Gasteiger partial charge in [-0.15, -0.1) is 6.58 Å². The molecule has 4 nitrogen and oxygen atoms in total. The van der Waals surface area contributed by atoms with Crippen molar-refractivity contribution in [2.45, 2.75) is 63.6 Å². The summed E-state index contributed by atoms with van der Waals surface area (Å²) in [6.45, 7) is 9.94. The minimum absolute atomic E-state index is 0.0471. The summed E-state index contributed by atoms with van der Waals surface area (Å²) in [6.07, 6.45) is 3.87. The smallest absolute Gasteiger partial charge is 0.226 e. The molecule has 0 spiro atoms. The van der Waals surface area contributed by atoms with Gasteiger partial charge in [-0.1, -0.05) is 60.5 Å². The highest BCUT2D eigenvalue weighted by atomic mass is 35.5. The monoisotopic (exact) mass is 503 g/mol. The van der Waals surface area contributed by atoms with Crippen LogP contribution >= 0.6 is 23.2 Å². The molecule has 3 rings (SSSR count). The molecule has 0 saturated carbocycles. The standard InChI is InChI=1S/C28H35Cl2NO3/c1-5-8-21-16-25(20-9-7-10-23(30)15-20)26(19-11-13-22(29)14-12-19)31(27(21)32)24(6-2)17-34-18-28(3,4)33/h5,7,9-15,21,24-26,33H,1,6,8,16-18H2,2-4H3/t21-,24?,25+,26+/m0/s1. The Morgan fingerprint density at radius 1 is 1.18 bits per heavy atom. The molecule has 184 valence electrons. The van der Waals surface area contributed by atoms with E-state index in [2.05, 4.69) is 19.6 Å². The van der Waals surface area contributed by atoms with Gasteiger partial charge in [0, 0.05) is 21.9 Å². The third-order valence-corrected chi connectivity index (χ3v) is 6.88. The van der Waals surface area contributed by atoms with E-state index < -0.39 is 5.60 Å². The molecule has 1 fully saturated rings. The van der Waals surface area contributed by atoms with Gasteiger partial charge in [0.2, 0.25) is 5.91 Å². The van der Waals surface area contributed by atoms with Crippen LogP contribution in [0.4, 0.5) is 0 Å². The van der Waals surface area contributed by atoms with Crippen molar-refractivity contribution in [1.82, 2.24) is 4.90 Å². The van der Waals surface area contributed by atoms with Crippen molar-refractivity contribution in [2.24, 2.45) is 5.92 Å². The normalized spacial score (nSPS) is 22.0. The van der Waals surface area contributed by atoms with Crippen LogP contribution in [0.15, 0.2) is 61.2 Å². The first kappa shape index (κ1) is 26.7. The van der Waals surface area contributed by atoms with Gasteiger partial charge in [0.15, 0.2) is 0 Å². The zero-order valence-corrected chi connectivity index (χ0v) is 21.7. The van der Waals surface area contributed by atoms with E-state index in [4.69, 9.17) is 27.9 Å². The third kappa shape index (κ3) is 6.63. The number of carbonyl (C=O) groups is 1. The van der Waals surface area contributed by atoms with Crippen LogP contribution in [0.25, 0.3) is 0 Å². The molecule has 1 heterocycles. The summed E-state index contributed by atoms with van der Waals surface area (Å²) in [6, 6.07) is 15.3. The molecule has 2 aromatic carbocycles. The summed E-state index contributed by atoms with van der Waals surface area (Å²) in [5, 5.41) is 11.4. The minimum Gasteiger partial charge on any atom is -0.388 e. The lowest BCUT2D eigenvalue weighted by Gasteiger charge is -2.48. The summed E-state index contributed by atoms with van der Waals surface area (Å²) < 4.78 is 5.91. The third-order valence-electron chi connectivity index (χ3n) is 6.39. The number of allylic oxidation sites excluding steroid dienone is 1.